The van der Waals surface area contributed by atoms with E-state index in [9.17, 15) is 0 Å². The Hall–Kier alpha value is -1.32. The standard InChI is InChI=1S/C18H29N3/c1-6-21(13-18(3,4)12-19)11-17-14(2)15-9-7-8-10-16(15)20(17)5/h7-10H,6,11-13,19H2,1-5H3. The van der Waals surface area contributed by atoms with E-state index in [1.807, 2.05) is 0 Å². The van der Waals surface area contributed by atoms with Gasteiger partial charge in [0.05, 0.1) is 0 Å². The van der Waals surface area contributed by atoms with Gasteiger partial charge in [-0.1, -0.05) is 39.0 Å². The molecule has 2 rings (SSSR count). The van der Waals surface area contributed by atoms with E-state index in [4.69, 9.17) is 5.73 Å². The first kappa shape index (κ1) is 16.1. The van der Waals surface area contributed by atoms with Gasteiger partial charge in [0.1, 0.15) is 0 Å². The van der Waals surface area contributed by atoms with Crippen LogP contribution in [0.4, 0.5) is 0 Å². The van der Waals surface area contributed by atoms with Crippen molar-refractivity contribution >= 4 is 10.9 Å². The Morgan fingerprint density at radius 2 is 1.90 bits per heavy atom. The first-order valence-electron chi connectivity index (χ1n) is 7.85. The summed E-state index contributed by atoms with van der Waals surface area (Å²) in [5.74, 6) is 0. The van der Waals surface area contributed by atoms with Crippen LogP contribution in [0.1, 0.15) is 32.0 Å². The lowest BCUT2D eigenvalue weighted by atomic mass is 9.93. The Labute approximate surface area is 128 Å². The van der Waals surface area contributed by atoms with Crippen LogP contribution in [0.3, 0.4) is 0 Å². The molecule has 0 aliphatic heterocycles. The van der Waals surface area contributed by atoms with Crippen LogP contribution >= 0.6 is 0 Å². The number of hydrogen-bond acceptors (Lipinski definition) is 2. The monoisotopic (exact) mass is 287 g/mol. The number of hydrogen-bond donors (Lipinski definition) is 1. The van der Waals surface area contributed by atoms with Crippen molar-refractivity contribution in [3.05, 3.63) is 35.5 Å². The predicted octanol–water partition coefficient (Wildman–Crippen LogP) is 3.29. The maximum atomic E-state index is 5.89. The highest BCUT2D eigenvalue weighted by molar-refractivity contribution is 5.85. The average molecular weight is 287 g/mol. The van der Waals surface area contributed by atoms with Gasteiger partial charge in [0.15, 0.2) is 0 Å². The van der Waals surface area contributed by atoms with Crippen LogP contribution < -0.4 is 5.73 Å². The summed E-state index contributed by atoms with van der Waals surface area (Å²) in [5, 5.41) is 1.36. The van der Waals surface area contributed by atoms with E-state index in [1.165, 1.54) is 22.2 Å². The fourth-order valence-electron chi connectivity index (χ4n) is 3.02. The van der Waals surface area contributed by atoms with Crippen molar-refractivity contribution in [3.63, 3.8) is 0 Å². The van der Waals surface area contributed by atoms with E-state index in [0.717, 1.165) is 26.2 Å². The van der Waals surface area contributed by atoms with Crippen LogP contribution in [0.2, 0.25) is 0 Å². The number of aryl methyl sites for hydroxylation is 2. The van der Waals surface area contributed by atoms with Crippen molar-refractivity contribution < 1.29 is 0 Å². The summed E-state index contributed by atoms with van der Waals surface area (Å²) in [6.07, 6.45) is 0. The lowest BCUT2D eigenvalue weighted by Gasteiger charge is -2.31. The van der Waals surface area contributed by atoms with Crippen molar-refractivity contribution in [2.45, 2.75) is 34.2 Å². The molecular formula is C18H29N3. The topological polar surface area (TPSA) is 34.2 Å². The summed E-state index contributed by atoms with van der Waals surface area (Å²) >= 11 is 0. The van der Waals surface area contributed by atoms with Gasteiger partial charge in [0, 0.05) is 36.7 Å². The minimum Gasteiger partial charge on any atom is -0.346 e. The first-order valence-corrected chi connectivity index (χ1v) is 7.85. The summed E-state index contributed by atoms with van der Waals surface area (Å²) in [4.78, 5) is 2.49. The molecule has 0 aliphatic rings. The van der Waals surface area contributed by atoms with E-state index in [0.29, 0.717) is 0 Å². The number of para-hydroxylation sites is 1. The minimum absolute atomic E-state index is 0.161. The van der Waals surface area contributed by atoms with Gasteiger partial charge in [-0.05, 0) is 37.1 Å². The molecule has 0 spiro atoms. The zero-order chi connectivity index (χ0) is 15.6. The van der Waals surface area contributed by atoms with Gasteiger partial charge >= 0.3 is 0 Å². The molecule has 0 aliphatic carbocycles. The molecule has 0 fully saturated rings. The van der Waals surface area contributed by atoms with Crippen LogP contribution in [-0.4, -0.2) is 29.1 Å². The highest BCUT2D eigenvalue weighted by Crippen LogP contribution is 2.26. The summed E-state index contributed by atoms with van der Waals surface area (Å²) in [5.41, 5.74) is 10.2. The van der Waals surface area contributed by atoms with Crippen LogP contribution in [0.25, 0.3) is 10.9 Å². The largest absolute Gasteiger partial charge is 0.346 e. The Bertz CT molecular complexity index is 571. The first-order chi connectivity index (χ1) is 9.89. The summed E-state index contributed by atoms with van der Waals surface area (Å²) in [7, 11) is 2.17. The van der Waals surface area contributed by atoms with Crippen molar-refractivity contribution in [1.82, 2.24) is 9.47 Å². The molecule has 0 bridgehead atoms. The molecule has 2 N–H and O–H groups in total. The molecule has 0 saturated heterocycles. The third-order valence-corrected chi connectivity index (χ3v) is 4.53. The number of benzene rings is 1. The maximum Gasteiger partial charge on any atom is 0.0483 e. The molecule has 1 aromatic carbocycles. The molecule has 1 heterocycles. The predicted molar refractivity (Wildman–Crippen MR) is 91.4 cm³/mol. The van der Waals surface area contributed by atoms with Gasteiger partial charge in [-0.3, -0.25) is 4.90 Å². The molecule has 0 radical (unpaired) electrons. The van der Waals surface area contributed by atoms with Crippen molar-refractivity contribution in [2.75, 3.05) is 19.6 Å². The molecule has 116 valence electrons. The Balaban J connectivity index is 2.30. The highest BCUT2D eigenvalue weighted by Gasteiger charge is 2.21. The van der Waals surface area contributed by atoms with Crippen molar-refractivity contribution in [3.8, 4) is 0 Å². The van der Waals surface area contributed by atoms with E-state index >= 15 is 0 Å². The van der Waals surface area contributed by atoms with Crippen LogP contribution in [0.5, 0.6) is 0 Å². The molecule has 0 saturated carbocycles. The zero-order valence-corrected chi connectivity index (χ0v) is 14.1. The van der Waals surface area contributed by atoms with Gasteiger partial charge < -0.3 is 10.3 Å². The van der Waals surface area contributed by atoms with E-state index < -0.39 is 0 Å². The fraction of sp³-hybridized carbons (Fsp3) is 0.556. The molecule has 3 nitrogen and oxygen atoms in total. The Morgan fingerprint density at radius 1 is 1.24 bits per heavy atom. The summed E-state index contributed by atoms with van der Waals surface area (Å²) < 4.78 is 2.34. The lowest BCUT2D eigenvalue weighted by Crippen LogP contribution is -2.38. The molecule has 0 atom stereocenters. The summed E-state index contributed by atoms with van der Waals surface area (Å²) in [6.45, 7) is 12.7. The third kappa shape index (κ3) is 3.30. The minimum atomic E-state index is 0.161. The number of nitrogens with two attached hydrogens (primary N) is 1. The molecule has 3 heteroatoms. The quantitative estimate of drug-likeness (QED) is 0.884. The highest BCUT2D eigenvalue weighted by atomic mass is 15.1. The van der Waals surface area contributed by atoms with E-state index in [1.54, 1.807) is 0 Å². The second-order valence-electron chi connectivity index (χ2n) is 6.82. The van der Waals surface area contributed by atoms with Gasteiger partial charge in [0.2, 0.25) is 0 Å². The van der Waals surface area contributed by atoms with Crippen molar-refractivity contribution in [1.29, 1.82) is 0 Å². The second kappa shape index (κ2) is 6.20. The second-order valence-corrected chi connectivity index (χ2v) is 6.82. The Morgan fingerprint density at radius 3 is 2.48 bits per heavy atom. The van der Waals surface area contributed by atoms with Gasteiger partial charge in [-0.15, -0.1) is 0 Å². The molecule has 21 heavy (non-hydrogen) atoms. The molecule has 0 unspecified atom stereocenters. The van der Waals surface area contributed by atoms with Crippen molar-refractivity contribution in [2.24, 2.45) is 18.2 Å². The van der Waals surface area contributed by atoms with Gasteiger partial charge in [-0.2, -0.15) is 0 Å². The number of nitrogens with zero attached hydrogens (tertiary/aromatic N) is 2. The van der Waals surface area contributed by atoms with Crippen LogP contribution in [0, 0.1) is 12.3 Å². The van der Waals surface area contributed by atoms with E-state index in [-0.39, 0.29) is 5.41 Å². The number of rotatable bonds is 6. The Kier molecular flexibility index (Phi) is 4.74. The molecule has 1 aromatic heterocycles. The normalized spacial score (nSPS) is 12.5. The lowest BCUT2D eigenvalue weighted by molar-refractivity contribution is 0.180. The zero-order valence-electron chi connectivity index (χ0n) is 14.1. The third-order valence-electron chi connectivity index (χ3n) is 4.53. The molecule has 0 amide bonds. The van der Waals surface area contributed by atoms with E-state index in [2.05, 4.69) is 68.5 Å². The SMILES string of the molecule is CCN(Cc1c(C)c2ccccc2n1C)CC(C)(C)CN. The maximum absolute atomic E-state index is 5.89. The van der Waals surface area contributed by atoms with Gasteiger partial charge in [0.25, 0.3) is 0 Å². The number of aromatic nitrogens is 1. The van der Waals surface area contributed by atoms with Crippen LogP contribution in [-0.2, 0) is 13.6 Å². The summed E-state index contributed by atoms with van der Waals surface area (Å²) in [6, 6.07) is 8.65. The fourth-order valence-corrected chi connectivity index (χ4v) is 3.02. The molecular weight excluding hydrogens is 258 g/mol. The average Bonchev–Trinajstić information content (AvgIpc) is 2.72. The van der Waals surface area contributed by atoms with Crippen LogP contribution in [0.15, 0.2) is 24.3 Å². The smallest absolute Gasteiger partial charge is 0.0483 e. The van der Waals surface area contributed by atoms with Gasteiger partial charge in [-0.25, -0.2) is 0 Å². The molecule has 2 aromatic rings. The number of fused-ring (bicyclic) bond motifs is 1.